The SMILES string of the molecule is C=CCc1ccccc1OCCCCn1c(C2CC(=O)N(c3ccccc3Cl)C2)nc2ccccc21. The predicted octanol–water partition coefficient (Wildman–Crippen LogP) is 6.80. The van der Waals surface area contributed by atoms with Crippen LogP contribution in [0.3, 0.4) is 0 Å². The summed E-state index contributed by atoms with van der Waals surface area (Å²) in [6.45, 7) is 5.89. The summed E-state index contributed by atoms with van der Waals surface area (Å²) in [7, 11) is 0. The number of carbonyl (C=O) groups is 1. The van der Waals surface area contributed by atoms with Crippen molar-refractivity contribution in [1.82, 2.24) is 9.55 Å². The molecule has 0 bridgehead atoms. The van der Waals surface area contributed by atoms with Gasteiger partial charge in [0.15, 0.2) is 0 Å². The van der Waals surface area contributed by atoms with Gasteiger partial charge in [-0.05, 0) is 55.2 Å². The molecule has 1 saturated heterocycles. The molecule has 0 aliphatic carbocycles. The third-order valence-corrected chi connectivity index (χ3v) is 7.01. The second-order valence-corrected chi connectivity index (χ2v) is 9.53. The number of nitrogens with zero attached hydrogens (tertiary/aromatic N) is 3. The molecule has 3 aromatic carbocycles. The number of hydrogen-bond donors (Lipinski definition) is 0. The van der Waals surface area contributed by atoms with E-state index < -0.39 is 0 Å². The molecule has 2 heterocycles. The van der Waals surface area contributed by atoms with Crippen molar-refractivity contribution in [3.63, 3.8) is 0 Å². The Morgan fingerprint density at radius 3 is 2.67 bits per heavy atom. The lowest BCUT2D eigenvalue weighted by molar-refractivity contribution is -0.117. The van der Waals surface area contributed by atoms with Gasteiger partial charge in [-0.2, -0.15) is 0 Å². The molecule has 5 rings (SSSR count). The number of imidazole rings is 1. The van der Waals surface area contributed by atoms with Crippen LogP contribution < -0.4 is 9.64 Å². The van der Waals surface area contributed by atoms with Crippen molar-refractivity contribution in [2.75, 3.05) is 18.1 Å². The van der Waals surface area contributed by atoms with Crippen LogP contribution in [0.2, 0.25) is 5.02 Å². The number of unbranched alkanes of at least 4 members (excludes halogenated alkanes) is 1. The van der Waals surface area contributed by atoms with E-state index in [4.69, 9.17) is 21.3 Å². The van der Waals surface area contributed by atoms with Crippen molar-refractivity contribution in [2.45, 2.75) is 38.1 Å². The summed E-state index contributed by atoms with van der Waals surface area (Å²) in [4.78, 5) is 19.7. The Kier molecular flexibility index (Phi) is 7.38. The number of fused-ring (bicyclic) bond motifs is 1. The Hall–Kier alpha value is -3.57. The van der Waals surface area contributed by atoms with Gasteiger partial charge in [0.1, 0.15) is 11.6 Å². The van der Waals surface area contributed by atoms with E-state index in [1.807, 2.05) is 66.7 Å². The fourth-order valence-corrected chi connectivity index (χ4v) is 5.19. The molecule has 184 valence electrons. The average molecular weight is 500 g/mol. The minimum atomic E-state index is 0.0169. The van der Waals surface area contributed by atoms with Crippen LogP contribution in [0.1, 0.15) is 36.6 Å². The predicted molar refractivity (Wildman–Crippen MR) is 146 cm³/mol. The van der Waals surface area contributed by atoms with Crippen molar-refractivity contribution in [3.8, 4) is 5.75 Å². The highest BCUT2D eigenvalue weighted by Crippen LogP contribution is 2.36. The van der Waals surface area contributed by atoms with Gasteiger partial charge in [-0.3, -0.25) is 4.79 Å². The van der Waals surface area contributed by atoms with Gasteiger partial charge in [0.25, 0.3) is 0 Å². The van der Waals surface area contributed by atoms with E-state index in [1.54, 1.807) is 4.90 Å². The molecule has 1 aliphatic heterocycles. The number of anilines is 1. The fraction of sp³-hybridized carbons (Fsp3) is 0.267. The third-order valence-electron chi connectivity index (χ3n) is 6.69. The van der Waals surface area contributed by atoms with Gasteiger partial charge in [-0.25, -0.2) is 4.98 Å². The molecule has 1 unspecified atom stereocenters. The minimum absolute atomic E-state index is 0.0169. The zero-order chi connectivity index (χ0) is 24.9. The number of halogens is 1. The van der Waals surface area contributed by atoms with Crippen molar-refractivity contribution >= 4 is 34.2 Å². The molecular weight excluding hydrogens is 470 g/mol. The summed E-state index contributed by atoms with van der Waals surface area (Å²) in [6.07, 6.45) is 4.99. The average Bonchev–Trinajstić information content (AvgIpc) is 3.45. The van der Waals surface area contributed by atoms with E-state index in [0.29, 0.717) is 24.6 Å². The molecule has 0 saturated carbocycles. The van der Waals surface area contributed by atoms with Gasteiger partial charge < -0.3 is 14.2 Å². The minimum Gasteiger partial charge on any atom is -0.493 e. The first kappa shape index (κ1) is 24.1. The van der Waals surface area contributed by atoms with Gasteiger partial charge in [0.05, 0.1) is 28.4 Å². The zero-order valence-electron chi connectivity index (χ0n) is 20.3. The Morgan fingerprint density at radius 2 is 1.81 bits per heavy atom. The van der Waals surface area contributed by atoms with E-state index in [2.05, 4.69) is 23.3 Å². The zero-order valence-corrected chi connectivity index (χ0v) is 21.0. The fourth-order valence-electron chi connectivity index (χ4n) is 4.95. The summed E-state index contributed by atoms with van der Waals surface area (Å²) in [5, 5.41) is 0.592. The van der Waals surface area contributed by atoms with Gasteiger partial charge in [-0.15, -0.1) is 6.58 Å². The number of rotatable bonds is 10. The molecule has 5 nitrogen and oxygen atoms in total. The van der Waals surface area contributed by atoms with Crippen LogP contribution in [0.5, 0.6) is 5.75 Å². The number of aryl methyl sites for hydroxylation is 1. The highest BCUT2D eigenvalue weighted by atomic mass is 35.5. The van der Waals surface area contributed by atoms with E-state index in [9.17, 15) is 4.79 Å². The lowest BCUT2D eigenvalue weighted by atomic mass is 10.1. The van der Waals surface area contributed by atoms with Crippen LogP contribution in [-0.2, 0) is 17.8 Å². The van der Waals surface area contributed by atoms with Gasteiger partial charge >= 0.3 is 0 Å². The molecule has 1 aromatic heterocycles. The molecule has 6 heteroatoms. The summed E-state index contributed by atoms with van der Waals surface area (Å²) < 4.78 is 8.37. The van der Waals surface area contributed by atoms with Crippen LogP contribution in [0, 0.1) is 0 Å². The van der Waals surface area contributed by atoms with E-state index in [1.165, 1.54) is 0 Å². The Bertz CT molecular complexity index is 1380. The summed E-state index contributed by atoms with van der Waals surface area (Å²) in [6, 6.07) is 23.8. The standard InChI is InChI=1S/C30H30ClN3O2/c1-2-11-22-12-3-8-17-28(22)36-19-10-9-18-33-27-16-7-5-14-25(27)32-30(33)23-20-29(35)34(21-23)26-15-6-4-13-24(26)31/h2-8,12-17,23H,1,9-11,18-21H2. The lowest BCUT2D eigenvalue weighted by Gasteiger charge is -2.18. The normalized spacial score (nSPS) is 15.5. The first-order valence-corrected chi connectivity index (χ1v) is 12.8. The quantitative estimate of drug-likeness (QED) is 0.178. The van der Waals surface area contributed by atoms with E-state index >= 15 is 0 Å². The number of benzene rings is 3. The van der Waals surface area contributed by atoms with Gasteiger partial charge in [0, 0.05) is 25.4 Å². The molecule has 0 spiro atoms. The molecular formula is C30H30ClN3O2. The molecule has 1 atom stereocenters. The number of carbonyl (C=O) groups excluding carboxylic acids is 1. The molecule has 0 radical (unpaired) electrons. The number of amides is 1. The van der Waals surface area contributed by atoms with E-state index in [0.717, 1.165) is 59.7 Å². The molecule has 4 aromatic rings. The maximum Gasteiger partial charge on any atom is 0.227 e. The smallest absolute Gasteiger partial charge is 0.227 e. The second kappa shape index (κ2) is 11.0. The number of allylic oxidation sites excluding steroid dienone is 1. The molecule has 36 heavy (non-hydrogen) atoms. The highest BCUT2D eigenvalue weighted by molar-refractivity contribution is 6.33. The Labute approximate surface area is 217 Å². The second-order valence-electron chi connectivity index (χ2n) is 9.12. The summed E-state index contributed by atoms with van der Waals surface area (Å²) in [5.74, 6) is 1.99. The Morgan fingerprint density at radius 1 is 1.03 bits per heavy atom. The first-order chi connectivity index (χ1) is 17.7. The Balaban J connectivity index is 1.29. The first-order valence-electron chi connectivity index (χ1n) is 12.5. The van der Waals surface area contributed by atoms with Crippen LogP contribution >= 0.6 is 11.6 Å². The van der Waals surface area contributed by atoms with Crippen molar-refractivity contribution < 1.29 is 9.53 Å². The third kappa shape index (κ3) is 5.02. The van der Waals surface area contributed by atoms with Crippen molar-refractivity contribution in [2.24, 2.45) is 0 Å². The van der Waals surface area contributed by atoms with Gasteiger partial charge in [0.2, 0.25) is 5.91 Å². The number of aromatic nitrogens is 2. The van der Waals surface area contributed by atoms with E-state index in [-0.39, 0.29) is 11.8 Å². The number of ether oxygens (including phenoxy) is 1. The maximum absolute atomic E-state index is 13.0. The van der Waals surface area contributed by atoms with Gasteiger partial charge in [-0.1, -0.05) is 60.1 Å². The van der Waals surface area contributed by atoms with Crippen LogP contribution in [0.25, 0.3) is 11.0 Å². The summed E-state index contributed by atoms with van der Waals surface area (Å²) >= 11 is 6.40. The van der Waals surface area contributed by atoms with Crippen LogP contribution in [-0.4, -0.2) is 28.6 Å². The lowest BCUT2D eigenvalue weighted by Crippen LogP contribution is -2.24. The molecule has 1 fully saturated rings. The maximum atomic E-state index is 13.0. The monoisotopic (exact) mass is 499 g/mol. The number of hydrogen-bond acceptors (Lipinski definition) is 3. The van der Waals surface area contributed by atoms with Crippen molar-refractivity contribution in [1.29, 1.82) is 0 Å². The molecule has 1 amide bonds. The number of para-hydroxylation sites is 4. The molecule has 0 N–H and O–H groups in total. The largest absolute Gasteiger partial charge is 0.493 e. The summed E-state index contributed by atoms with van der Waals surface area (Å²) in [5.41, 5.74) is 3.99. The topological polar surface area (TPSA) is 47.4 Å². The van der Waals surface area contributed by atoms with Crippen LogP contribution in [0.4, 0.5) is 5.69 Å². The highest BCUT2D eigenvalue weighted by Gasteiger charge is 2.35. The molecule has 1 aliphatic rings. The van der Waals surface area contributed by atoms with Crippen LogP contribution in [0.15, 0.2) is 85.5 Å². The van der Waals surface area contributed by atoms with Crippen molar-refractivity contribution in [3.05, 3.63) is 102 Å².